The summed E-state index contributed by atoms with van der Waals surface area (Å²) in [7, 11) is 6.02. The van der Waals surface area contributed by atoms with Gasteiger partial charge in [-0.3, -0.25) is 4.79 Å². The third-order valence-electron chi connectivity index (χ3n) is 6.80. The monoisotopic (exact) mass is 441 g/mol. The van der Waals surface area contributed by atoms with Gasteiger partial charge in [-0.15, -0.1) is 0 Å². The molecule has 0 aliphatic carbocycles. The highest BCUT2D eigenvalue weighted by atomic mass is 16.2. The quantitative estimate of drug-likeness (QED) is 0.594. The van der Waals surface area contributed by atoms with Gasteiger partial charge in [0.2, 0.25) is 5.95 Å². The second kappa shape index (κ2) is 8.85. The van der Waals surface area contributed by atoms with Gasteiger partial charge in [0.15, 0.2) is 0 Å². The Morgan fingerprint density at radius 1 is 1.06 bits per heavy atom. The van der Waals surface area contributed by atoms with E-state index in [1.54, 1.807) is 0 Å². The minimum atomic E-state index is -0.0619. The highest BCUT2D eigenvalue weighted by Crippen LogP contribution is 2.38. The lowest BCUT2D eigenvalue weighted by atomic mass is 9.98. The third-order valence-corrected chi connectivity index (χ3v) is 6.80. The van der Waals surface area contributed by atoms with Gasteiger partial charge < -0.3 is 14.7 Å². The van der Waals surface area contributed by atoms with E-state index in [4.69, 9.17) is 4.98 Å². The summed E-state index contributed by atoms with van der Waals surface area (Å²) in [5.74, 6) is 0.762. The summed E-state index contributed by atoms with van der Waals surface area (Å²) in [6.45, 7) is 1.81. The maximum absolute atomic E-state index is 13.7. The number of fused-ring (bicyclic) bond motifs is 1. The molecule has 0 bridgehead atoms. The number of amides is 1. The summed E-state index contributed by atoms with van der Waals surface area (Å²) in [5.41, 5.74) is 6.30. The molecule has 0 N–H and O–H groups in total. The fraction of sp³-hybridized carbons (Fsp3) is 0.370. The van der Waals surface area contributed by atoms with Crippen LogP contribution in [0.25, 0.3) is 11.1 Å². The molecule has 1 fully saturated rings. The van der Waals surface area contributed by atoms with E-state index in [9.17, 15) is 4.79 Å². The van der Waals surface area contributed by atoms with Gasteiger partial charge in [0.25, 0.3) is 5.91 Å². The Morgan fingerprint density at radius 3 is 2.67 bits per heavy atom. The molecule has 2 aliphatic heterocycles. The number of carbonyl (C=O) groups is 1. The average Bonchev–Trinajstić information content (AvgIpc) is 3.33. The summed E-state index contributed by atoms with van der Waals surface area (Å²) in [5, 5.41) is 0. The Kier molecular flexibility index (Phi) is 5.75. The molecule has 170 valence electrons. The van der Waals surface area contributed by atoms with E-state index >= 15 is 0 Å². The van der Waals surface area contributed by atoms with E-state index in [1.165, 1.54) is 11.3 Å². The minimum absolute atomic E-state index is 0.0619. The lowest BCUT2D eigenvalue weighted by Crippen LogP contribution is -2.32. The molecule has 0 spiro atoms. The molecule has 6 nitrogen and oxygen atoms in total. The first-order valence-electron chi connectivity index (χ1n) is 11.8. The number of benzene rings is 2. The van der Waals surface area contributed by atoms with E-state index in [1.807, 2.05) is 54.4 Å². The summed E-state index contributed by atoms with van der Waals surface area (Å²) < 4.78 is 0. The molecule has 3 aromatic rings. The fourth-order valence-electron chi connectivity index (χ4n) is 5.07. The SMILES string of the molecule is CN(C)c1ncc(-c2ccccc2)c([C@@H]2CCCN2C(=O)c2ccc3c(c2)CCCN3C)n1. The molecule has 2 aliphatic rings. The van der Waals surface area contributed by atoms with Crippen molar-refractivity contribution in [3.8, 4) is 11.1 Å². The Balaban J connectivity index is 1.52. The number of rotatable bonds is 4. The Hall–Kier alpha value is -3.41. The van der Waals surface area contributed by atoms with Crippen molar-refractivity contribution >= 4 is 17.5 Å². The molecular weight excluding hydrogens is 410 g/mol. The van der Waals surface area contributed by atoms with E-state index in [0.717, 1.165) is 61.2 Å². The molecule has 1 atom stereocenters. The van der Waals surface area contributed by atoms with Crippen LogP contribution in [-0.4, -0.2) is 55.0 Å². The largest absolute Gasteiger partial charge is 0.374 e. The van der Waals surface area contributed by atoms with Crippen LogP contribution in [-0.2, 0) is 6.42 Å². The van der Waals surface area contributed by atoms with Crippen LogP contribution >= 0.6 is 0 Å². The Morgan fingerprint density at radius 2 is 1.88 bits per heavy atom. The van der Waals surface area contributed by atoms with Crippen LogP contribution in [0.4, 0.5) is 11.6 Å². The molecule has 1 aromatic heterocycles. The van der Waals surface area contributed by atoms with Crippen molar-refractivity contribution in [1.29, 1.82) is 0 Å². The lowest BCUT2D eigenvalue weighted by molar-refractivity contribution is 0.0733. The summed E-state index contributed by atoms with van der Waals surface area (Å²) in [6.07, 6.45) is 5.94. The van der Waals surface area contributed by atoms with Gasteiger partial charge in [0.05, 0.1) is 11.7 Å². The average molecular weight is 442 g/mol. The standard InChI is InChI=1S/C27H31N5O/c1-30(2)27-28-18-22(19-9-5-4-6-10-19)25(29-27)24-12-8-16-32(24)26(33)21-13-14-23-20(17-21)11-7-15-31(23)3/h4-6,9-10,13-14,17-18,24H,7-8,11-12,15-16H2,1-3H3/t24-/m0/s1. The van der Waals surface area contributed by atoms with Gasteiger partial charge in [0, 0.05) is 57.2 Å². The second-order valence-corrected chi connectivity index (χ2v) is 9.25. The van der Waals surface area contributed by atoms with E-state index in [0.29, 0.717) is 5.95 Å². The maximum atomic E-state index is 13.7. The molecule has 3 heterocycles. The maximum Gasteiger partial charge on any atom is 0.254 e. The first kappa shape index (κ1) is 21.4. The van der Waals surface area contributed by atoms with Gasteiger partial charge in [0.1, 0.15) is 0 Å². The molecule has 1 saturated heterocycles. The number of hydrogen-bond acceptors (Lipinski definition) is 5. The van der Waals surface area contributed by atoms with Crippen LogP contribution in [0.15, 0.2) is 54.7 Å². The molecule has 0 saturated carbocycles. The normalized spacial score (nSPS) is 17.7. The summed E-state index contributed by atoms with van der Waals surface area (Å²) in [4.78, 5) is 29.5. The van der Waals surface area contributed by atoms with Crippen LogP contribution in [0.2, 0.25) is 0 Å². The van der Waals surface area contributed by atoms with Crippen LogP contribution in [0.1, 0.15) is 46.9 Å². The van der Waals surface area contributed by atoms with Crippen molar-refractivity contribution in [3.63, 3.8) is 0 Å². The van der Waals surface area contributed by atoms with Gasteiger partial charge in [-0.25, -0.2) is 9.97 Å². The summed E-state index contributed by atoms with van der Waals surface area (Å²) in [6, 6.07) is 16.4. The Bertz CT molecular complexity index is 1160. The van der Waals surface area contributed by atoms with Crippen LogP contribution in [0.3, 0.4) is 0 Å². The highest BCUT2D eigenvalue weighted by Gasteiger charge is 2.34. The van der Waals surface area contributed by atoms with Crippen LogP contribution < -0.4 is 9.80 Å². The van der Waals surface area contributed by atoms with Crippen LogP contribution in [0.5, 0.6) is 0 Å². The minimum Gasteiger partial charge on any atom is -0.374 e. The topological polar surface area (TPSA) is 52.6 Å². The zero-order valence-corrected chi connectivity index (χ0v) is 19.7. The van der Waals surface area contributed by atoms with E-state index in [2.05, 4.69) is 41.2 Å². The molecule has 6 heteroatoms. The first-order valence-corrected chi connectivity index (χ1v) is 11.8. The lowest BCUT2D eigenvalue weighted by Gasteiger charge is -2.29. The number of nitrogens with zero attached hydrogens (tertiary/aromatic N) is 5. The molecule has 33 heavy (non-hydrogen) atoms. The van der Waals surface area contributed by atoms with Crippen molar-refractivity contribution in [3.05, 3.63) is 71.5 Å². The molecule has 0 unspecified atom stereocenters. The second-order valence-electron chi connectivity index (χ2n) is 9.25. The zero-order valence-electron chi connectivity index (χ0n) is 19.7. The fourth-order valence-corrected chi connectivity index (χ4v) is 5.07. The smallest absolute Gasteiger partial charge is 0.254 e. The number of anilines is 2. The molecule has 5 rings (SSSR count). The Labute approximate surface area is 195 Å². The van der Waals surface area contributed by atoms with E-state index < -0.39 is 0 Å². The van der Waals surface area contributed by atoms with E-state index in [-0.39, 0.29) is 11.9 Å². The number of hydrogen-bond donors (Lipinski definition) is 0. The van der Waals surface area contributed by atoms with Crippen molar-refractivity contribution in [2.75, 3.05) is 44.0 Å². The van der Waals surface area contributed by atoms with Crippen LogP contribution in [0, 0.1) is 0 Å². The van der Waals surface area contributed by atoms with Gasteiger partial charge in [-0.2, -0.15) is 0 Å². The van der Waals surface area contributed by atoms with Gasteiger partial charge in [-0.05, 0) is 55.0 Å². The number of carbonyl (C=O) groups excluding carboxylic acids is 1. The molecule has 1 amide bonds. The highest BCUT2D eigenvalue weighted by molar-refractivity contribution is 5.95. The number of aryl methyl sites for hydroxylation is 1. The first-order chi connectivity index (χ1) is 16.0. The van der Waals surface area contributed by atoms with Crippen molar-refractivity contribution in [2.45, 2.75) is 31.7 Å². The molecule has 0 radical (unpaired) electrons. The predicted octanol–water partition coefficient (Wildman–Crippen LogP) is 4.57. The van der Waals surface area contributed by atoms with Crippen molar-refractivity contribution in [2.24, 2.45) is 0 Å². The zero-order chi connectivity index (χ0) is 22.9. The number of likely N-dealkylation sites (tertiary alicyclic amines) is 1. The van der Waals surface area contributed by atoms with Crippen molar-refractivity contribution < 1.29 is 4.79 Å². The number of aromatic nitrogens is 2. The molecular formula is C27H31N5O. The third kappa shape index (κ3) is 4.06. The van der Waals surface area contributed by atoms with Gasteiger partial charge in [-0.1, -0.05) is 30.3 Å². The predicted molar refractivity (Wildman–Crippen MR) is 133 cm³/mol. The summed E-state index contributed by atoms with van der Waals surface area (Å²) >= 11 is 0. The molecule has 2 aromatic carbocycles. The van der Waals surface area contributed by atoms with Gasteiger partial charge >= 0.3 is 0 Å². The van der Waals surface area contributed by atoms with Crippen molar-refractivity contribution in [1.82, 2.24) is 14.9 Å².